The first-order valence-corrected chi connectivity index (χ1v) is 6.06. The lowest BCUT2D eigenvalue weighted by Gasteiger charge is -2.11. The molecule has 0 amide bonds. The van der Waals surface area contributed by atoms with Crippen LogP contribution in [0.3, 0.4) is 0 Å². The molecule has 2 rings (SSSR count). The Kier molecular flexibility index (Phi) is 3.71. The van der Waals surface area contributed by atoms with Crippen LogP contribution in [0.4, 0.5) is 18.9 Å². The topological polar surface area (TPSA) is 35.2 Å². The second-order valence-corrected chi connectivity index (χ2v) is 4.86. The Balaban J connectivity index is 2.44. The fourth-order valence-electron chi connectivity index (χ4n) is 1.48. The summed E-state index contributed by atoms with van der Waals surface area (Å²) in [6.45, 7) is 1.51. The van der Waals surface area contributed by atoms with E-state index < -0.39 is 17.5 Å². The molecule has 0 aliphatic rings. The molecule has 0 fully saturated rings. The Bertz CT molecular complexity index is 646. The summed E-state index contributed by atoms with van der Waals surface area (Å²) < 4.78 is 45.5. The predicted octanol–water partition coefficient (Wildman–Crippen LogP) is 4.55. The highest BCUT2D eigenvalue weighted by molar-refractivity contribution is 9.10. The molecule has 0 aliphatic heterocycles. The van der Waals surface area contributed by atoms with E-state index in [1.54, 1.807) is 0 Å². The number of nitrogen functional groups attached to an aromatic ring is 1. The third-order valence-corrected chi connectivity index (χ3v) is 2.93. The zero-order chi connectivity index (χ0) is 14.2. The summed E-state index contributed by atoms with van der Waals surface area (Å²) in [5.41, 5.74) is 5.87. The number of rotatable bonds is 2. The van der Waals surface area contributed by atoms with Crippen LogP contribution in [0.5, 0.6) is 11.5 Å². The molecule has 0 heterocycles. The monoisotopic (exact) mass is 331 g/mol. The summed E-state index contributed by atoms with van der Waals surface area (Å²) in [7, 11) is 0. The average molecular weight is 332 g/mol. The molecule has 19 heavy (non-hydrogen) atoms. The molecular formula is C13H9BrF3NO. The number of benzene rings is 2. The first kappa shape index (κ1) is 13.7. The maximum atomic E-state index is 13.5. The van der Waals surface area contributed by atoms with Gasteiger partial charge in [0, 0.05) is 10.5 Å². The number of nitrogens with two attached hydrogens (primary N) is 1. The maximum absolute atomic E-state index is 13.5. The minimum absolute atomic E-state index is 0.00267. The van der Waals surface area contributed by atoms with Crippen LogP contribution in [0.15, 0.2) is 28.7 Å². The normalized spacial score (nSPS) is 10.6. The summed E-state index contributed by atoms with van der Waals surface area (Å²) in [6, 6.07) is 4.62. The van der Waals surface area contributed by atoms with Crippen molar-refractivity contribution in [1.29, 1.82) is 0 Å². The van der Waals surface area contributed by atoms with E-state index in [4.69, 9.17) is 10.5 Å². The number of hydrogen-bond acceptors (Lipinski definition) is 2. The Labute approximate surface area is 116 Å². The molecule has 2 N–H and O–H groups in total. The van der Waals surface area contributed by atoms with Gasteiger partial charge < -0.3 is 10.5 Å². The molecule has 100 valence electrons. The van der Waals surface area contributed by atoms with Gasteiger partial charge in [-0.15, -0.1) is 0 Å². The molecule has 0 saturated carbocycles. The molecule has 0 aliphatic carbocycles. The third-order valence-electron chi connectivity index (χ3n) is 2.47. The number of halogens is 4. The molecule has 0 saturated heterocycles. The van der Waals surface area contributed by atoms with Gasteiger partial charge in [-0.2, -0.15) is 4.39 Å². The van der Waals surface area contributed by atoms with Crippen LogP contribution in [0.1, 0.15) is 5.56 Å². The second-order valence-electron chi connectivity index (χ2n) is 3.94. The standard InChI is InChI=1S/C13H9BrF3NO/c1-6-2-11(10(18)5-8(6)15)19-12-4-7(14)3-9(16)13(12)17/h2-5H,18H2,1H3. The van der Waals surface area contributed by atoms with Crippen LogP contribution in [-0.4, -0.2) is 0 Å². The van der Waals surface area contributed by atoms with E-state index in [9.17, 15) is 13.2 Å². The van der Waals surface area contributed by atoms with Gasteiger partial charge in [-0.1, -0.05) is 15.9 Å². The molecule has 2 aromatic carbocycles. The van der Waals surface area contributed by atoms with Crippen molar-refractivity contribution in [3.63, 3.8) is 0 Å². The van der Waals surface area contributed by atoms with Gasteiger partial charge in [0.25, 0.3) is 0 Å². The maximum Gasteiger partial charge on any atom is 0.201 e. The van der Waals surface area contributed by atoms with Gasteiger partial charge in [0.15, 0.2) is 17.3 Å². The van der Waals surface area contributed by atoms with Crippen molar-refractivity contribution >= 4 is 21.6 Å². The predicted molar refractivity (Wildman–Crippen MR) is 69.7 cm³/mol. The van der Waals surface area contributed by atoms with Gasteiger partial charge in [-0.25, -0.2) is 8.78 Å². The van der Waals surface area contributed by atoms with Gasteiger partial charge in [0.1, 0.15) is 5.82 Å². The van der Waals surface area contributed by atoms with Crippen molar-refractivity contribution in [2.24, 2.45) is 0 Å². The van der Waals surface area contributed by atoms with Crippen LogP contribution < -0.4 is 10.5 Å². The van der Waals surface area contributed by atoms with Crippen molar-refractivity contribution in [3.8, 4) is 11.5 Å². The van der Waals surface area contributed by atoms with Crippen molar-refractivity contribution in [2.45, 2.75) is 6.92 Å². The number of anilines is 1. The molecule has 2 aromatic rings. The SMILES string of the molecule is Cc1cc(Oc2cc(Br)cc(F)c2F)c(N)cc1F. The average Bonchev–Trinajstić information content (AvgIpc) is 2.32. The lowest BCUT2D eigenvalue weighted by Crippen LogP contribution is -1.98. The van der Waals surface area contributed by atoms with Gasteiger partial charge in [0.05, 0.1) is 5.69 Å². The minimum Gasteiger partial charge on any atom is -0.452 e. The van der Waals surface area contributed by atoms with E-state index in [-0.39, 0.29) is 17.2 Å². The van der Waals surface area contributed by atoms with Gasteiger partial charge >= 0.3 is 0 Å². The summed E-state index contributed by atoms with van der Waals surface area (Å²) in [4.78, 5) is 0. The Morgan fingerprint density at radius 3 is 2.37 bits per heavy atom. The van der Waals surface area contributed by atoms with E-state index in [0.29, 0.717) is 10.0 Å². The van der Waals surface area contributed by atoms with Crippen molar-refractivity contribution < 1.29 is 17.9 Å². The van der Waals surface area contributed by atoms with E-state index in [0.717, 1.165) is 12.1 Å². The fourth-order valence-corrected chi connectivity index (χ4v) is 1.89. The van der Waals surface area contributed by atoms with E-state index in [1.807, 2.05) is 0 Å². The van der Waals surface area contributed by atoms with Gasteiger partial charge in [0.2, 0.25) is 5.82 Å². The number of aryl methyl sites for hydroxylation is 1. The van der Waals surface area contributed by atoms with Crippen molar-refractivity contribution in [3.05, 3.63) is 51.8 Å². The Morgan fingerprint density at radius 2 is 1.68 bits per heavy atom. The van der Waals surface area contributed by atoms with Gasteiger partial charge in [-0.3, -0.25) is 0 Å². The first-order chi connectivity index (χ1) is 8.88. The molecule has 0 bridgehead atoms. The van der Waals surface area contributed by atoms with Crippen LogP contribution >= 0.6 is 15.9 Å². The third kappa shape index (κ3) is 2.84. The quantitative estimate of drug-likeness (QED) is 0.647. The molecule has 0 spiro atoms. The second kappa shape index (κ2) is 5.13. The number of hydrogen-bond donors (Lipinski definition) is 1. The minimum atomic E-state index is -1.13. The van der Waals surface area contributed by atoms with Crippen LogP contribution in [-0.2, 0) is 0 Å². The highest BCUT2D eigenvalue weighted by Crippen LogP contribution is 2.33. The Hall–Kier alpha value is -1.69. The Morgan fingerprint density at radius 1 is 1.00 bits per heavy atom. The van der Waals surface area contributed by atoms with E-state index in [2.05, 4.69) is 15.9 Å². The van der Waals surface area contributed by atoms with Crippen LogP contribution in [0.2, 0.25) is 0 Å². The summed E-state index contributed by atoms with van der Waals surface area (Å²) in [5.74, 6) is -2.95. The molecular weight excluding hydrogens is 323 g/mol. The molecule has 0 aromatic heterocycles. The molecule has 0 radical (unpaired) electrons. The highest BCUT2D eigenvalue weighted by atomic mass is 79.9. The number of ether oxygens (including phenoxy) is 1. The fraction of sp³-hybridized carbons (Fsp3) is 0.0769. The lowest BCUT2D eigenvalue weighted by atomic mass is 10.2. The zero-order valence-corrected chi connectivity index (χ0v) is 11.4. The smallest absolute Gasteiger partial charge is 0.201 e. The van der Waals surface area contributed by atoms with Crippen LogP contribution in [0, 0.1) is 24.4 Å². The van der Waals surface area contributed by atoms with Gasteiger partial charge in [-0.05, 0) is 30.7 Å². The molecule has 0 atom stereocenters. The lowest BCUT2D eigenvalue weighted by molar-refractivity contribution is 0.416. The zero-order valence-electron chi connectivity index (χ0n) is 9.81. The summed E-state index contributed by atoms with van der Waals surface area (Å²) in [6.07, 6.45) is 0. The van der Waals surface area contributed by atoms with Crippen molar-refractivity contribution in [2.75, 3.05) is 5.73 Å². The molecule has 6 heteroatoms. The van der Waals surface area contributed by atoms with E-state index in [1.165, 1.54) is 19.1 Å². The summed E-state index contributed by atoms with van der Waals surface area (Å²) in [5, 5.41) is 0. The molecule has 2 nitrogen and oxygen atoms in total. The summed E-state index contributed by atoms with van der Waals surface area (Å²) >= 11 is 3.03. The first-order valence-electron chi connectivity index (χ1n) is 5.26. The van der Waals surface area contributed by atoms with E-state index >= 15 is 0 Å². The highest BCUT2D eigenvalue weighted by Gasteiger charge is 2.14. The van der Waals surface area contributed by atoms with Crippen LogP contribution in [0.25, 0.3) is 0 Å². The largest absolute Gasteiger partial charge is 0.452 e. The molecule has 0 unspecified atom stereocenters. The van der Waals surface area contributed by atoms with Crippen molar-refractivity contribution in [1.82, 2.24) is 0 Å².